The van der Waals surface area contributed by atoms with E-state index in [1.165, 1.54) is 6.92 Å². The lowest BCUT2D eigenvalue weighted by atomic mass is 10.2. The van der Waals surface area contributed by atoms with Gasteiger partial charge in [-0.15, -0.1) is 0 Å². The van der Waals surface area contributed by atoms with Crippen LogP contribution in [0.3, 0.4) is 0 Å². The predicted octanol–water partition coefficient (Wildman–Crippen LogP) is 1.28. The zero-order valence-electron chi connectivity index (χ0n) is 6.25. The Balaban J connectivity index is 3.23. The maximum absolute atomic E-state index is 12.1. The Kier molecular flexibility index (Phi) is 1.99. The largest absolute Gasteiger partial charge is 0.433 e. The summed E-state index contributed by atoms with van der Waals surface area (Å²) >= 11 is 0. The van der Waals surface area contributed by atoms with Gasteiger partial charge in [0, 0.05) is 5.69 Å². The molecule has 0 fully saturated rings. The molecule has 0 saturated heterocycles. The van der Waals surface area contributed by atoms with Crippen LogP contribution in [0.5, 0.6) is 0 Å². The summed E-state index contributed by atoms with van der Waals surface area (Å²) in [6.45, 7) is 1.54. The number of H-pyrrole nitrogens is 2. The minimum atomic E-state index is -4.48. The van der Waals surface area contributed by atoms with E-state index in [2.05, 4.69) is 4.98 Å². The number of hydrogen-bond donors (Lipinski definition) is 2. The number of halogens is 3. The zero-order valence-corrected chi connectivity index (χ0v) is 6.25. The first-order chi connectivity index (χ1) is 5.45. The fourth-order valence-electron chi connectivity index (χ4n) is 0.927. The van der Waals surface area contributed by atoms with Gasteiger partial charge in [0.15, 0.2) is 0 Å². The van der Waals surface area contributed by atoms with Gasteiger partial charge in [0.25, 0.3) is 0 Å². The van der Waals surface area contributed by atoms with Crippen molar-refractivity contribution in [1.82, 2.24) is 9.97 Å². The molecular formula is C6H7F3N2O. The second kappa shape index (κ2) is 2.69. The van der Waals surface area contributed by atoms with Crippen molar-refractivity contribution < 1.29 is 13.2 Å². The third-order valence-electron chi connectivity index (χ3n) is 1.44. The van der Waals surface area contributed by atoms with Gasteiger partial charge in [0.1, 0.15) is 5.69 Å². The van der Waals surface area contributed by atoms with Crippen LogP contribution in [0.15, 0.2) is 4.79 Å². The van der Waals surface area contributed by atoms with E-state index in [-0.39, 0.29) is 12.1 Å². The molecule has 68 valence electrons. The Hall–Kier alpha value is -1.20. The Bertz CT molecular complexity index is 322. The van der Waals surface area contributed by atoms with Crippen molar-refractivity contribution in [3.05, 3.63) is 21.9 Å². The molecule has 12 heavy (non-hydrogen) atoms. The molecule has 6 heteroatoms. The van der Waals surface area contributed by atoms with Gasteiger partial charge in [-0.3, -0.25) is 0 Å². The third kappa shape index (κ3) is 1.51. The number of aryl methyl sites for hydroxylation is 1. The molecule has 0 saturated carbocycles. The number of aromatic amines is 2. The second-order valence-electron chi connectivity index (χ2n) is 2.28. The van der Waals surface area contributed by atoms with E-state index in [1.54, 1.807) is 4.98 Å². The van der Waals surface area contributed by atoms with Crippen molar-refractivity contribution in [2.24, 2.45) is 0 Å². The molecule has 0 spiro atoms. The number of rotatable bonds is 1. The topological polar surface area (TPSA) is 48.6 Å². The fraction of sp³-hybridized carbons (Fsp3) is 0.500. The van der Waals surface area contributed by atoms with Gasteiger partial charge in [-0.05, 0) is 6.42 Å². The Morgan fingerprint density at radius 3 is 2.25 bits per heavy atom. The molecule has 1 aromatic heterocycles. The van der Waals surface area contributed by atoms with Crippen LogP contribution in [0.2, 0.25) is 0 Å². The maximum atomic E-state index is 12.1. The fourth-order valence-corrected chi connectivity index (χ4v) is 0.927. The van der Waals surface area contributed by atoms with E-state index in [9.17, 15) is 18.0 Å². The second-order valence-corrected chi connectivity index (χ2v) is 2.28. The van der Waals surface area contributed by atoms with Crippen LogP contribution in [0.25, 0.3) is 0 Å². The smallest absolute Gasteiger partial charge is 0.309 e. The molecule has 0 aliphatic rings. The molecule has 0 radical (unpaired) electrons. The van der Waals surface area contributed by atoms with Crippen molar-refractivity contribution in [2.75, 3.05) is 0 Å². The maximum Gasteiger partial charge on any atom is 0.433 e. The molecule has 1 aromatic rings. The summed E-state index contributed by atoms with van der Waals surface area (Å²) < 4.78 is 36.2. The van der Waals surface area contributed by atoms with Crippen LogP contribution in [0.4, 0.5) is 13.2 Å². The van der Waals surface area contributed by atoms with Crippen LogP contribution in [-0.4, -0.2) is 9.97 Å². The predicted molar refractivity (Wildman–Crippen MR) is 35.8 cm³/mol. The molecular weight excluding hydrogens is 173 g/mol. The van der Waals surface area contributed by atoms with Gasteiger partial charge in [-0.1, -0.05) is 6.92 Å². The van der Waals surface area contributed by atoms with Crippen molar-refractivity contribution >= 4 is 0 Å². The van der Waals surface area contributed by atoms with Gasteiger partial charge in [0.05, 0.1) is 0 Å². The van der Waals surface area contributed by atoms with E-state index in [4.69, 9.17) is 0 Å². The summed E-state index contributed by atoms with van der Waals surface area (Å²) in [6.07, 6.45) is -4.34. The molecule has 0 aliphatic carbocycles. The van der Waals surface area contributed by atoms with Gasteiger partial charge < -0.3 is 9.97 Å². The lowest BCUT2D eigenvalue weighted by molar-refractivity contribution is -0.141. The Morgan fingerprint density at radius 2 is 1.92 bits per heavy atom. The molecule has 3 nitrogen and oxygen atoms in total. The van der Waals surface area contributed by atoms with Crippen molar-refractivity contribution in [3.8, 4) is 0 Å². The molecule has 0 atom stereocenters. The Labute approximate surface area is 65.6 Å². The van der Waals surface area contributed by atoms with E-state index in [1.807, 2.05) is 0 Å². The summed E-state index contributed by atoms with van der Waals surface area (Å²) in [7, 11) is 0. The lowest BCUT2D eigenvalue weighted by Gasteiger charge is -2.04. The van der Waals surface area contributed by atoms with E-state index in [0.29, 0.717) is 0 Å². The van der Waals surface area contributed by atoms with Crippen LogP contribution < -0.4 is 5.69 Å². The summed E-state index contributed by atoms with van der Waals surface area (Å²) in [4.78, 5) is 14.3. The van der Waals surface area contributed by atoms with Crippen LogP contribution >= 0.6 is 0 Å². The normalized spacial score (nSPS) is 12.0. The van der Waals surface area contributed by atoms with Gasteiger partial charge in [-0.2, -0.15) is 13.2 Å². The summed E-state index contributed by atoms with van der Waals surface area (Å²) in [5.41, 5.74) is -1.90. The third-order valence-corrected chi connectivity index (χ3v) is 1.44. The minimum absolute atomic E-state index is 0.104. The number of hydrogen-bond acceptors (Lipinski definition) is 1. The van der Waals surface area contributed by atoms with E-state index in [0.717, 1.165) is 0 Å². The molecule has 1 rings (SSSR count). The van der Waals surface area contributed by atoms with Gasteiger partial charge >= 0.3 is 11.9 Å². The summed E-state index contributed by atoms with van der Waals surface area (Å²) in [5.74, 6) is 0. The Morgan fingerprint density at radius 1 is 1.33 bits per heavy atom. The number of imidazole rings is 1. The number of aromatic nitrogens is 2. The highest BCUT2D eigenvalue weighted by molar-refractivity contribution is 5.14. The highest BCUT2D eigenvalue weighted by atomic mass is 19.4. The molecule has 0 bridgehead atoms. The summed E-state index contributed by atoms with van der Waals surface area (Å²) in [6, 6.07) is 0. The standard InChI is InChI=1S/C6H7F3N2O/c1-2-3-4(6(7,8)9)11-5(12)10-3/h2H2,1H3,(H2,10,11,12). The average Bonchev–Trinajstić information content (AvgIpc) is 2.29. The zero-order chi connectivity index (χ0) is 9.35. The molecule has 0 aromatic carbocycles. The monoisotopic (exact) mass is 180 g/mol. The van der Waals surface area contributed by atoms with Crippen molar-refractivity contribution in [2.45, 2.75) is 19.5 Å². The highest BCUT2D eigenvalue weighted by Gasteiger charge is 2.35. The molecule has 1 heterocycles. The van der Waals surface area contributed by atoms with Crippen LogP contribution in [-0.2, 0) is 12.6 Å². The first kappa shape index (κ1) is 8.89. The number of nitrogens with one attached hydrogen (secondary N) is 2. The van der Waals surface area contributed by atoms with Gasteiger partial charge in [0.2, 0.25) is 0 Å². The number of alkyl halides is 3. The van der Waals surface area contributed by atoms with E-state index < -0.39 is 17.6 Å². The van der Waals surface area contributed by atoms with Gasteiger partial charge in [-0.25, -0.2) is 4.79 Å². The lowest BCUT2D eigenvalue weighted by Crippen LogP contribution is -2.10. The first-order valence-electron chi connectivity index (χ1n) is 3.33. The van der Waals surface area contributed by atoms with E-state index >= 15 is 0 Å². The van der Waals surface area contributed by atoms with Crippen molar-refractivity contribution in [3.63, 3.8) is 0 Å². The molecule has 0 unspecified atom stereocenters. The molecule has 2 N–H and O–H groups in total. The highest BCUT2D eigenvalue weighted by Crippen LogP contribution is 2.28. The summed E-state index contributed by atoms with van der Waals surface area (Å²) in [5, 5.41) is 0. The van der Waals surface area contributed by atoms with Crippen LogP contribution in [0.1, 0.15) is 18.3 Å². The average molecular weight is 180 g/mol. The molecule has 0 aliphatic heterocycles. The quantitative estimate of drug-likeness (QED) is 0.672. The van der Waals surface area contributed by atoms with Crippen molar-refractivity contribution in [1.29, 1.82) is 0 Å². The molecule has 0 amide bonds. The van der Waals surface area contributed by atoms with Crippen LogP contribution in [0, 0.1) is 0 Å². The SMILES string of the molecule is CCc1[nH]c(=O)[nH]c1C(F)(F)F. The first-order valence-corrected chi connectivity index (χ1v) is 3.33. The minimum Gasteiger partial charge on any atom is -0.309 e.